The van der Waals surface area contributed by atoms with Gasteiger partial charge in [0.25, 0.3) is 0 Å². The van der Waals surface area contributed by atoms with Gasteiger partial charge < -0.3 is 20.5 Å². The SMILES string of the molecule is COc1ccc(CCCNC(=O)CC2(CN)CCCCC2)cc1OC.Cl. The van der Waals surface area contributed by atoms with Crippen LogP contribution in [0.1, 0.15) is 50.5 Å². The Morgan fingerprint density at radius 1 is 1.15 bits per heavy atom. The average Bonchev–Trinajstić information content (AvgIpc) is 2.65. The second-order valence-electron chi connectivity index (χ2n) is 7.08. The van der Waals surface area contributed by atoms with Gasteiger partial charge in [0.05, 0.1) is 14.2 Å². The molecule has 0 bridgehead atoms. The molecule has 2 rings (SSSR count). The van der Waals surface area contributed by atoms with E-state index in [-0.39, 0.29) is 23.7 Å². The Kier molecular flexibility index (Phi) is 9.81. The van der Waals surface area contributed by atoms with Crippen molar-refractivity contribution in [3.8, 4) is 11.5 Å². The van der Waals surface area contributed by atoms with Crippen LogP contribution in [-0.4, -0.2) is 33.2 Å². The second kappa shape index (κ2) is 11.3. The van der Waals surface area contributed by atoms with Crippen molar-refractivity contribution >= 4 is 18.3 Å². The first-order chi connectivity index (χ1) is 12.1. The number of nitrogens with two attached hydrogens (primary N) is 1. The van der Waals surface area contributed by atoms with E-state index in [2.05, 4.69) is 5.32 Å². The number of ether oxygens (including phenoxy) is 2. The van der Waals surface area contributed by atoms with Gasteiger partial charge in [0.2, 0.25) is 5.91 Å². The molecule has 1 fully saturated rings. The molecule has 5 nitrogen and oxygen atoms in total. The van der Waals surface area contributed by atoms with Gasteiger partial charge in [-0.3, -0.25) is 4.79 Å². The Morgan fingerprint density at radius 2 is 1.85 bits per heavy atom. The maximum Gasteiger partial charge on any atom is 0.220 e. The lowest BCUT2D eigenvalue weighted by atomic mass is 9.71. The lowest BCUT2D eigenvalue weighted by molar-refractivity contribution is -0.123. The number of carbonyl (C=O) groups excluding carboxylic acids is 1. The number of hydrogen-bond donors (Lipinski definition) is 2. The zero-order valence-corrected chi connectivity index (χ0v) is 16.8. The van der Waals surface area contributed by atoms with Crippen LogP contribution in [0, 0.1) is 5.41 Å². The van der Waals surface area contributed by atoms with Gasteiger partial charge in [-0.05, 0) is 55.3 Å². The van der Waals surface area contributed by atoms with E-state index in [0.717, 1.165) is 37.2 Å². The number of amides is 1. The summed E-state index contributed by atoms with van der Waals surface area (Å²) in [5.74, 6) is 1.62. The summed E-state index contributed by atoms with van der Waals surface area (Å²) >= 11 is 0. The topological polar surface area (TPSA) is 73.6 Å². The average molecular weight is 385 g/mol. The van der Waals surface area contributed by atoms with E-state index in [4.69, 9.17) is 15.2 Å². The third-order valence-corrected chi connectivity index (χ3v) is 5.30. The Morgan fingerprint density at radius 3 is 2.46 bits per heavy atom. The number of carbonyl (C=O) groups is 1. The zero-order chi connectivity index (χ0) is 18.1. The maximum absolute atomic E-state index is 12.3. The summed E-state index contributed by atoms with van der Waals surface area (Å²) in [5, 5.41) is 3.06. The molecule has 0 aromatic heterocycles. The monoisotopic (exact) mass is 384 g/mol. The fourth-order valence-corrected chi connectivity index (χ4v) is 3.71. The zero-order valence-electron chi connectivity index (χ0n) is 16.0. The van der Waals surface area contributed by atoms with Crippen molar-refractivity contribution in [2.75, 3.05) is 27.3 Å². The highest BCUT2D eigenvalue weighted by molar-refractivity contribution is 5.85. The lowest BCUT2D eigenvalue weighted by Crippen LogP contribution is -2.38. The van der Waals surface area contributed by atoms with Crippen molar-refractivity contribution < 1.29 is 14.3 Å². The van der Waals surface area contributed by atoms with E-state index in [1.54, 1.807) is 14.2 Å². The Balaban J connectivity index is 0.00000338. The summed E-state index contributed by atoms with van der Waals surface area (Å²) in [5.41, 5.74) is 7.18. The van der Waals surface area contributed by atoms with Crippen molar-refractivity contribution in [2.24, 2.45) is 11.1 Å². The van der Waals surface area contributed by atoms with E-state index in [1.165, 1.54) is 24.8 Å². The van der Waals surface area contributed by atoms with Crippen LogP contribution in [0.15, 0.2) is 18.2 Å². The third kappa shape index (κ3) is 6.36. The van der Waals surface area contributed by atoms with Gasteiger partial charge in [-0.1, -0.05) is 25.3 Å². The van der Waals surface area contributed by atoms with Gasteiger partial charge in [0.1, 0.15) is 0 Å². The molecule has 0 heterocycles. The van der Waals surface area contributed by atoms with Crippen LogP contribution < -0.4 is 20.5 Å². The highest BCUT2D eigenvalue weighted by Crippen LogP contribution is 2.38. The van der Waals surface area contributed by atoms with Gasteiger partial charge >= 0.3 is 0 Å². The molecule has 26 heavy (non-hydrogen) atoms. The molecular weight excluding hydrogens is 352 g/mol. The summed E-state index contributed by atoms with van der Waals surface area (Å²) in [6.45, 7) is 1.31. The van der Waals surface area contributed by atoms with Crippen LogP contribution in [0.3, 0.4) is 0 Å². The van der Waals surface area contributed by atoms with Crippen LogP contribution in [-0.2, 0) is 11.2 Å². The standard InChI is InChI=1S/C20H32N2O3.ClH/c1-24-17-9-8-16(13-18(17)25-2)7-6-12-22-19(23)14-20(15-21)10-4-3-5-11-20;/h8-9,13H,3-7,10-12,14-15,21H2,1-2H3,(H,22,23);1H. The maximum atomic E-state index is 12.3. The lowest BCUT2D eigenvalue weighted by Gasteiger charge is -2.35. The molecule has 0 spiro atoms. The van der Waals surface area contributed by atoms with Crippen molar-refractivity contribution in [3.05, 3.63) is 23.8 Å². The summed E-state index contributed by atoms with van der Waals surface area (Å²) in [6, 6.07) is 5.95. The summed E-state index contributed by atoms with van der Waals surface area (Å²) < 4.78 is 10.6. The van der Waals surface area contributed by atoms with Crippen molar-refractivity contribution in [3.63, 3.8) is 0 Å². The van der Waals surface area contributed by atoms with E-state index in [1.807, 2.05) is 18.2 Å². The van der Waals surface area contributed by atoms with E-state index >= 15 is 0 Å². The van der Waals surface area contributed by atoms with E-state index in [0.29, 0.717) is 19.5 Å². The highest BCUT2D eigenvalue weighted by Gasteiger charge is 2.32. The molecule has 0 aliphatic heterocycles. The first-order valence-corrected chi connectivity index (χ1v) is 9.30. The number of halogens is 1. The molecule has 0 radical (unpaired) electrons. The fraction of sp³-hybridized carbons (Fsp3) is 0.650. The predicted octanol–water partition coefficient (Wildman–Crippen LogP) is 3.47. The number of benzene rings is 1. The van der Waals surface area contributed by atoms with Crippen LogP contribution in [0.25, 0.3) is 0 Å². The van der Waals surface area contributed by atoms with Crippen molar-refractivity contribution in [1.82, 2.24) is 5.32 Å². The first-order valence-electron chi connectivity index (χ1n) is 9.30. The third-order valence-electron chi connectivity index (χ3n) is 5.30. The molecule has 6 heteroatoms. The number of methoxy groups -OCH3 is 2. The molecule has 0 unspecified atom stereocenters. The molecule has 1 aromatic carbocycles. The summed E-state index contributed by atoms with van der Waals surface area (Å²) in [7, 11) is 3.27. The number of rotatable bonds is 9. The molecule has 1 aliphatic rings. The molecule has 1 saturated carbocycles. The van der Waals surface area contributed by atoms with Gasteiger partial charge in [-0.25, -0.2) is 0 Å². The van der Waals surface area contributed by atoms with Crippen molar-refractivity contribution in [2.45, 2.75) is 51.4 Å². The number of aryl methyl sites for hydroxylation is 1. The Hall–Kier alpha value is -1.46. The highest BCUT2D eigenvalue weighted by atomic mass is 35.5. The molecule has 1 aromatic rings. The molecular formula is C20H33ClN2O3. The van der Waals surface area contributed by atoms with Crippen LogP contribution in [0.4, 0.5) is 0 Å². The molecule has 3 N–H and O–H groups in total. The fourth-order valence-electron chi connectivity index (χ4n) is 3.71. The van der Waals surface area contributed by atoms with Crippen LogP contribution in [0.2, 0.25) is 0 Å². The van der Waals surface area contributed by atoms with Gasteiger partial charge in [0, 0.05) is 13.0 Å². The molecule has 1 aliphatic carbocycles. The van der Waals surface area contributed by atoms with Gasteiger partial charge in [-0.15, -0.1) is 12.4 Å². The summed E-state index contributed by atoms with van der Waals surface area (Å²) in [6.07, 6.45) is 8.20. The Bertz CT molecular complexity index is 560. The Labute approximate surface area is 163 Å². The van der Waals surface area contributed by atoms with Gasteiger partial charge in [0.15, 0.2) is 11.5 Å². The number of hydrogen-bond acceptors (Lipinski definition) is 4. The predicted molar refractivity (Wildman–Crippen MR) is 107 cm³/mol. The van der Waals surface area contributed by atoms with E-state index < -0.39 is 0 Å². The minimum Gasteiger partial charge on any atom is -0.493 e. The van der Waals surface area contributed by atoms with Crippen LogP contribution in [0.5, 0.6) is 11.5 Å². The second-order valence-corrected chi connectivity index (χ2v) is 7.08. The molecule has 1 amide bonds. The van der Waals surface area contributed by atoms with Crippen molar-refractivity contribution in [1.29, 1.82) is 0 Å². The smallest absolute Gasteiger partial charge is 0.220 e. The minimum absolute atomic E-state index is 0. The van der Waals surface area contributed by atoms with Gasteiger partial charge in [-0.2, -0.15) is 0 Å². The van der Waals surface area contributed by atoms with Crippen LogP contribution >= 0.6 is 12.4 Å². The number of nitrogens with one attached hydrogen (secondary N) is 1. The summed E-state index contributed by atoms with van der Waals surface area (Å²) in [4.78, 5) is 12.3. The largest absolute Gasteiger partial charge is 0.493 e. The molecule has 0 atom stereocenters. The first kappa shape index (κ1) is 22.6. The quantitative estimate of drug-likeness (QED) is 0.639. The minimum atomic E-state index is 0. The molecule has 148 valence electrons. The molecule has 0 saturated heterocycles. The normalized spacial score (nSPS) is 15.7. The van der Waals surface area contributed by atoms with E-state index in [9.17, 15) is 4.79 Å².